The van der Waals surface area contributed by atoms with Crippen LogP contribution in [0, 0.1) is 5.92 Å². The molecule has 0 aliphatic carbocycles. The maximum Gasteiger partial charge on any atom is 0.277 e. The highest BCUT2D eigenvalue weighted by molar-refractivity contribution is 6.01. The minimum absolute atomic E-state index is 0.158. The van der Waals surface area contributed by atoms with Crippen molar-refractivity contribution in [3.8, 4) is 16.9 Å². The van der Waals surface area contributed by atoms with Crippen LogP contribution in [-0.4, -0.2) is 20.3 Å². The molecule has 4 rings (SSSR count). The van der Waals surface area contributed by atoms with Crippen molar-refractivity contribution in [3.05, 3.63) is 77.2 Å². The van der Waals surface area contributed by atoms with E-state index in [4.69, 9.17) is 0 Å². The third kappa shape index (κ3) is 3.52. The second-order valence-electron chi connectivity index (χ2n) is 7.71. The molecule has 4 aromatic rings. The van der Waals surface area contributed by atoms with Gasteiger partial charge < -0.3 is 5.32 Å². The lowest BCUT2D eigenvalue weighted by Crippen LogP contribution is -2.26. The first-order chi connectivity index (χ1) is 14.5. The molecule has 2 aromatic carbocycles. The molecule has 0 unspecified atom stereocenters. The number of benzene rings is 2. The lowest BCUT2D eigenvalue weighted by atomic mass is 9.99. The van der Waals surface area contributed by atoms with E-state index in [0.29, 0.717) is 23.7 Å². The third-order valence-electron chi connectivity index (χ3n) is 4.90. The van der Waals surface area contributed by atoms with Crippen LogP contribution < -0.4 is 10.9 Å². The molecule has 0 aliphatic rings. The van der Waals surface area contributed by atoms with Gasteiger partial charge in [-0.1, -0.05) is 62.4 Å². The van der Waals surface area contributed by atoms with E-state index in [-0.39, 0.29) is 17.4 Å². The van der Waals surface area contributed by atoms with E-state index in [1.165, 1.54) is 6.92 Å². The highest BCUT2D eigenvalue weighted by Crippen LogP contribution is 2.33. The second-order valence-corrected chi connectivity index (χ2v) is 7.71. The summed E-state index contributed by atoms with van der Waals surface area (Å²) in [5.74, 6) is 0.988. The zero-order valence-corrected chi connectivity index (χ0v) is 17.3. The summed E-state index contributed by atoms with van der Waals surface area (Å²) in [6.45, 7) is 6.04. The Kier molecular flexibility index (Phi) is 5.23. The van der Waals surface area contributed by atoms with Gasteiger partial charge in [-0.05, 0) is 34.4 Å². The van der Waals surface area contributed by atoms with E-state index in [0.717, 1.165) is 16.3 Å². The summed E-state index contributed by atoms with van der Waals surface area (Å²) in [5, 5.41) is 4.89. The Morgan fingerprint density at radius 3 is 2.47 bits per heavy atom. The summed E-state index contributed by atoms with van der Waals surface area (Å²) in [7, 11) is 0. The standard InChI is InChI=1S/C24H24N4O2/c1-16(2)15-27-24(30)22(20-12-8-10-18-9-4-5-11-19(18)20)23(26-17(3)29)28(27)21-13-6-7-14-25-21/h4-14,16H,15H2,1-3H3,(H,26,29). The minimum Gasteiger partial charge on any atom is -0.310 e. The van der Waals surface area contributed by atoms with Crippen LogP contribution in [0.25, 0.3) is 27.7 Å². The first-order valence-corrected chi connectivity index (χ1v) is 10.0. The summed E-state index contributed by atoms with van der Waals surface area (Å²) in [6, 6.07) is 19.3. The second kappa shape index (κ2) is 7.99. The van der Waals surface area contributed by atoms with Gasteiger partial charge in [-0.15, -0.1) is 0 Å². The molecular formula is C24H24N4O2. The number of fused-ring (bicyclic) bond motifs is 1. The van der Waals surface area contributed by atoms with Crippen molar-refractivity contribution in [3.63, 3.8) is 0 Å². The molecule has 2 aromatic heterocycles. The van der Waals surface area contributed by atoms with Crippen LogP contribution in [0.15, 0.2) is 71.7 Å². The lowest BCUT2D eigenvalue weighted by Gasteiger charge is -2.16. The molecule has 0 radical (unpaired) electrons. The number of aromatic nitrogens is 3. The van der Waals surface area contributed by atoms with Gasteiger partial charge in [-0.25, -0.2) is 14.3 Å². The maximum atomic E-state index is 13.7. The Morgan fingerprint density at radius 1 is 1.03 bits per heavy atom. The molecule has 0 aliphatic heterocycles. The lowest BCUT2D eigenvalue weighted by molar-refractivity contribution is -0.114. The Bertz CT molecular complexity index is 1260. The molecule has 152 valence electrons. The van der Waals surface area contributed by atoms with Gasteiger partial charge in [0.25, 0.3) is 5.56 Å². The van der Waals surface area contributed by atoms with Crippen LogP contribution in [0.1, 0.15) is 20.8 Å². The highest BCUT2D eigenvalue weighted by atomic mass is 16.2. The average Bonchev–Trinajstić information content (AvgIpc) is 2.98. The molecule has 6 nitrogen and oxygen atoms in total. The SMILES string of the molecule is CC(=O)Nc1c(-c2cccc3ccccc23)c(=O)n(CC(C)C)n1-c1ccccn1. The van der Waals surface area contributed by atoms with Crippen molar-refractivity contribution in [2.75, 3.05) is 5.32 Å². The number of rotatable bonds is 5. The topological polar surface area (TPSA) is 68.9 Å². The normalized spacial score (nSPS) is 11.2. The van der Waals surface area contributed by atoms with Crippen molar-refractivity contribution in [2.24, 2.45) is 5.92 Å². The molecule has 0 saturated carbocycles. The van der Waals surface area contributed by atoms with Gasteiger partial charge >= 0.3 is 0 Å². The van der Waals surface area contributed by atoms with Gasteiger partial charge in [0.05, 0.1) is 5.56 Å². The van der Waals surface area contributed by atoms with Gasteiger partial charge in [0.1, 0.15) is 5.82 Å². The van der Waals surface area contributed by atoms with Crippen LogP contribution in [0.4, 0.5) is 5.82 Å². The molecule has 30 heavy (non-hydrogen) atoms. The molecule has 2 heterocycles. The van der Waals surface area contributed by atoms with E-state index in [9.17, 15) is 9.59 Å². The van der Waals surface area contributed by atoms with Crippen molar-refractivity contribution < 1.29 is 4.79 Å². The number of nitrogens with zero attached hydrogens (tertiary/aromatic N) is 3. The molecule has 0 fully saturated rings. The largest absolute Gasteiger partial charge is 0.310 e. The number of hydrogen-bond acceptors (Lipinski definition) is 3. The van der Waals surface area contributed by atoms with Crippen LogP contribution in [0.2, 0.25) is 0 Å². The maximum absolute atomic E-state index is 13.7. The molecular weight excluding hydrogens is 376 g/mol. The van der Waals surface area contributed by atoms with Crippen molar-refractivity contribution in [1.82, 2.24) is 14.3 Å². The fourth-order valence-corrected chi connectivity index (χ4v) is 3.74. The Balaban J connectivity index is 2.11. The molecule has 0 spiro atoms. The summed E-state index contributed by atoms with van der Waals surface area (Å²) in [4.78, 5) is 30.3. The summed E-state index contributed by atoms with van der Waals surface area (Å²) in [5.41, 5.74) is 1.09. The Labute approximate surface area is 174 Å². The van der Waals surface area contributed by atoms with Crippen LogP contribution in [-0.2, 0) is 11.3 Å². The highest BCUT2D eigenvalue weighted by Gasteiger charge is 2.25. The van der Waals surface area contributed by atoms with E-state index in [1.54, 1.807) is 15.6 Å². The van der Waals surface area contributed by atoms with E-state index >= 15 is 0 Å². The van der Waals surface area contributed by atoms with Crippen LogP contribution in [0.3, 0.4) is 0 Å². The van der Waals surface area contributed by atoms with E-state index < -0.39 is 0 Å². The monoisotopic (exact) mass is 400 g/mol. The predicted octanol–water partition coefficient (Wildman–Crippen LogP) is 4.47. The molecule has 0 saturated heterocycles. The summed E-state index contributed by atoms with van der Waals surface area (Å²) < 4.78 is 3.39. The van der Waals surface area contributed by atoms with Gasteiger partial charge in [-0.2, -0.15) is 0 Å². The van der Waals surface area contributed by atoms with Gasteiger partial charge in [0, 0.05) is 19.7 Å². The van der Waals surface area contributed by atoms with E-state index in [1.807, 2.05) is 60.7 Å². The smallest absolute Gasteiger partial charge is 0.277 e. The van der Waals surface area contributed by atoms with Crippen molar-refractivity contribution >= 4 is 22.5 Å². The van der Waals surface area contributed by atoms with Crippen molar-refractivity contribution in [2.45, 2.75) is 27.3 Å². The number of hydrogen-bond donors (Lipinski definition) is 1. The molecule has 6 heteroatoms. The number of amides is 1. The quantitative estimate of drug-likeness (QED) is 0.537. The number of anilines is 1. The molecule has 0 atom stereocenters. The first kappa shape index (κ1) is 19.6. The van der Waals surface area contributed by atoms with Gasteiger partial charge in [0.15, 0.2) is 5.82 Å². The number of carbonyl (C=O) groups excluding carboxylic acids is 1. The third-order valence-corrected chi connectivity index (χ3v) is 4.90. The Morgan fingerprint density at radius 2 is 1.77 bits per heavy atom. The van der Waals surface area contributed by atoms with Crippen LogP contribution >= 0.6 is 0 Å². The van der Waals surface area contributed by atoms with Gasteiger partial charge in [-0.3, -0.25) is 9.59 Å². The summed E-state index contributed by atoms with van der Waals surface area (Å²) in [6.07, 6.45) is 1.68. The molecule has 0 bridgehead atoms. The van der Waals surface area contributed by atoms with Crippen LogP contribution in [0.5, 0.6) is 0 Å². The Hall–Kier alpha value is -3.67. The zero-order valence-electron chi connectivity index (χ0n) is 17.3. The van der Waals surface area contributed by atoms with Gasteiger partial charge in [0.2, 0.25) is 5.91 Å². The number of carbonyl (C=O) groups is 1. The number of nitrogens with one attached hydrogen (secondary N) is 1. The first-order valence-electron chi connectivity index (χ1n) is 10.0. The summed E-state index contributed by atoms with van der Waals surface area (Å²) >= 11 is 0. The van der Waals surface area contributed by atoms with Crippen molar-refractivity contribution in [1.29, 1.82) is 0 Å². The fraction of sp³-hybridized carbons (Fsp3) is 0.208. The van der Waals surface area contributed by atoms with E-state index in [2.05, 4.69) is 24.1 Å². The molecule has 1 N–H and O–H groups in total. The fourth-order valence-electron chi connectivity index (χ4n) is 3.74. The zero-order chi connectivity index (χ0) is 21.3. The molecule has 1 amide bonds. The minimum atomic E-state index is -0.247. The average molecular weight is 400 g/mol. The number of pyridine rings is 1. The predicted molar refractivity (Wildman–Crippen MR) is 120 cm³/mol.